The Balaban J connectivity index is 2.26. The molecule has 1 fully saturated rings. The molecule has 2 heterocycles. The van der Waals surface area contributed by atoms with Crippen LogP contribution >= 0.6 is 11.3 Å². The zero-order valence-corrected chi connectivity index (χ0v) is 11.4. The molecular weight excluding hydrogens is 260 g/mol. The molecule has 0 unspecified atom stereocenters. The van der Waals surface area contributed by atoms with E-state index < -0.39 is 10.0 Å². The monoisotopic (exact) mass is 276 g/mol. The highest BCUT2D eigenvalue weighted by Crippen LogP contribution is 2.27. The molecule has 0 saturated carbocycles. The standard InChI is InChI=1S/C10H16N2O3S2/c1-7-4-12(5-8(2)15-7)17(13,14)10-3-9(11)6-16-10/h3,6-8H,4-5,11H2,1-2H3/t7-,8+. The van der Waals surface area contributed by atoms with Gasteiger partial charge in [0.25, 0.3) is 10.0 Å². The lowest BCUT2D eigenvalue weighted by Crippen LogP contribution is -2.47. The molecule has 7 heteroatoms. The largest absolute Gasteiger partial charge is 0.398 e. The Morgan fingerprint density at radius 3 is 2.47 bits per heavy atom. The summed E-state index contributed by atoms with van der Waals surface area (Å²) in [6.07, 6.45) is -0.156. The van der Waals surface area contributed by atoms with E-state index >= 15 is 0 Å². The number of thiophene rings is 1. The number of morpholine rings is 1. The van der Waals surface area contributed by atoms with Crippen molar-refractivity contribution in [3.8, 4) is 0 Å². The highest BCUT2D eigenvalue weighted by Gasteiger charge is 2.32. The molecule has 2 atom stereocenters. The molecule has 0 spiro atoms. The first kappa shape index (κ1) is 12.8. The molecule has 1 aliphatic rings. The van der Waals surface area contributed by atoms with Gasteiger partial charge >= 0.3 is 0 Å². The number of hydrogen-bond donors (Lipinski definition) is 1. The summed E-state index contributed by atoms with van der Waals surface area (Å²) in [5.41, 5.74) is 6.05. The second-order valence-corrected chi connectivity index (χ2v) is 7.35. The SMILES string of the molecule is C[C@@H]1CN(S(=O)(=O)c2cc(N)cs2)C[C@H](C)O1. The van der Waals surface area contributed by atoms with Gasteiger partial charge in [0, 0.05) is 24.2 Å². The number of nitrogens with zero attached hydrogens (tertiary/aromatic N) is 1. The van der Waals surface area contributed by atoms with Gasteiger partial charge in [-0.25, -0.2) is 8.42 Å². The van der Waals surface area contributed by atoms with Crippen molar-refractivity contribution in [1.82, 2.24) is 4.31 Å². The molecule has 5 nitrogen and oxygen atoms in total. The summed E-state index contributed by atoms with van der Waals surface area (Å²) < 4.78 is 31.9. The lowest BCUT2D eigenvalue weighted by Gasteiger charge is -2.34. The van der Waals surface area contributed by atoms with Crippen LogP contribution in [0.1, 0.15) is 13.8 Å². The lowest BCUT2D eigenvalue weighted by molar-refractivity contribution is -0.0440. The zero-order chi connectivity index (χ0) is 12.6. The van der Waals surface area contributed by atoms with Crippen molar-refractivity contribution in [2.45, 2.75) is 30.3 Å². The fourth-order valence-electron chi connectivity index (χ4n) is 1.92. The summed E-state index contributed by atoms with van der Waals surface area (Å²) in [7, 11) is -3.42. The Kier molecular flexibility index (Phi) is 3.44. The minimum absolute atomic E-state index is 0.0779. The summed E-state index contributed by atoms with van der Waals surface area (Å²) in [5, 5.41) is 1.64. The predicted molar refractivity (Wildman–Crippen MR) is 67.5 cm³/mol. The predicted octanol–water partition coefficient (Wildman–Crippen LogP) is 1.13. The van der Waals surface area contributed by atoms with E-state index in [0.29, 0.717) is 23.0 Å². The number of sulfonamides is 1. The molecule has 0 bridgehead atoms. The Morgan fingerprint density at radius 2 is 2.00 bits per heavy atom. The third-order valence-electron chi connectivity index (χ3n) is 2.58. The third kappa shape index (κ3) is 2.62. The van der Waals surface area contributed by atoms with E-state index in [-0.39, 0.29) is 12.2 Å². The van der Waals surface area contributed by atoms with Crippen molar-refractivity contribution in [3.05, 3.63) is 11.4 Å². The highest BCUT2D eigenvalue weighted by atomic mass is 32.2. The van der Waals surface area contributed by atoms with Crippen molar-refractivity contribution in [2.24, 2.45) is 0 Å². The van der Waals surface area contributed by atoms with Gasteiger partial charge in [-0.3, -0.25) is 0 Å². The fourth-order valence-corrected chi connectivity index (χ4v) is 4.74. The number of hydrogen-bond acceptors (Lipinski definition) is 5. The van der Waals surface area contributed by atoms with Crippen LogP contribution in [0.2, 0.25) is 0 Å². The van der Waals surface area contributed by atoms with Crippen LogP contribution in [0.3, 0.4) is 0 Å². The quantitative estimate of drug-likeness (QED) is 0.879. The Bertz CT molecular complexity index is 487. The van der Waals surface area contributed by atoms with Crippen molar-refractivity contribution in [2.75, 3.05) is 18.8 Å². The maximum absolute atomic E-state index is 12.3. The first-order valence-corrected chi connectivity index (χ1v) is 7.71. The Morgan fingerprint density at radius 1 is 1.41 bits per heavy atom. The number of nitrogen functional groups attached to an aromatic ring is 1. The van der Waals surface area contributed by atoms with Gasteiger partial charge in [-0.1, -0.05) is 0 Å². The second kappa shape index (κ2) is 4.56. The Labute approximate surface area is 105 Å². The summed E-state index contributed by atoms with van der Waals surface area (Å²) >= 11 is 1.16. The number of nitrogens with two attached hydrogens (primary N) is 1. The zero-order valence-electron chi connectivity index (χ0n) is 9.79. The van der Waals surface area contributed by atoms with E-state index in [1.807, 2.05) is 13.8 Å². The van der Waals surface area contributed by atoms with Gasteiger partial charge in [0.15, 0.2) is 0 Å². The second-order valence-electron chi connectivity index (χ2n) is 4.28. The van der Waals surface area contributed by atoms with Gasteiger partial charge in [-0.05, 0) is 19.9 Å². The summed E-state index contributed by atoms with van der Waals surface area (Å²) in [6.45, 7) is 4.54. The maximum atomic E-state index is 12.3. The summed E-state index contributed by atoms with van der Waals surface area (Å²) in [4.78, 5) is 0. The van der Waals surface area contributed by atoms with Crippen molar-refractivity contribution < 1.29 is 13.2 Å². The molecule has 0 amide bonds. The van der Waals surface area contributed by atoms with Crippen LogP contribution in [0.4, 0.5) is 5.69 Å². The van der Waals surface area contributed by atoms with E-state index in [4.69, 9.17) is 10.5 Å². The average Bonchev–Trinajstić information content (AvgIpc) is 2.64. The van der Waals surface area contributed by atoms with Crippen LogP contribution < -0.4 is 5.73 Å². The number of ether oxygens (including phenoxy) is 1. The smallest absolute Gasteiger partial charge is 0.252 e. The molecule has 2 N–H and O–H groups in total. The molecule has 0 aromatic carbocycles. The molecule has 1 aliphatic heterocycles. The maximum Gasteiger partial charge on any atom is 0.252 e. The molecule has 17 heavy (non-hydrogen) atoms. The molecule has 0 aliphatic carbocycles. The minimum Gasteiger partial charge on any atom is -0.398 e. The molecule has 1 aromatic rings. The highest BCUT2D eigenvalue weighted by molar-refractivity contribution is 7.91. The molecule has 0 radical (unpaired) electrons. The topological polar surface area (TPSA) is 72.6 Å². The molecule has 1 aromatic heterocycles. The van der Waals surface area contributed by atoms with Crippen LogP contribution in [-0.4, -0.2) is 38.0 Å². The van der Waals surface area contributed by atoms with E-state index in [1.165, 1.54) is 10.4 Å². The van der Waals surface area contributed by atoms with E-state index in [0.717, 1.165) is 11.3 Å². The summed E-state index contributed by atoms with van der Waals surface area (Å²) in [5.74, 6) is 0. The van der Waals surface area contributed by atoms with E-state index in [2.05, 4.69) is 0 Å². The first-order chi connectivity index (χ1) is 7.89. The minimum atomic E-state index is -3.42. The van der Waals surface area contributed by atoms with Crippen LogP contribution in [0.25, 0.3) is 0 Å². The van der Waals surface area contributed by atoms with Crippen molar-refractivity contribution in [3.63, 3.8) is 0 Å². The normalized spacial score (nSPS) is 27.2. The van der Waals surface area contributed by atoms with Gasteiger partial charge in [-0.2, -0.15) is 4.31 Å². The van der Waals surface area contributed by atoms with Gasteiger partial charge in [0.1, 0.15) is 4.21 Å². The van der Waals surface area contributed by atoms with Gasteiger partial charge in [0.2, 0.25) is 0 Å². The fraction of sp³-hybridized carbons (Fsp3) is 0.600. The van der Waals surface area contributed by atoms with Crippen molar-refractivity contribution in [1.29, 1.82) is 0 Å². The molecule has 1 saturated heterocycles. The van der Waals surface area contributed by atoms with Crippen LogP contribution in [0.15, 0.2) is 15.7 Å². The molecule has 2 rings (SSSR count). The van der Waals surface area contributed by atoms with Gasteiger partial charge in [0.05, 0.1) is 12.2 Å². The van der Waals surface area contributed by atoms with Crippen LogP contribution in [0, 0.1) is 0 Å². The third-order valence-corrected chi connectivity index (χ3v) is 5.84. The van der Waals surface area contributed by atoms with E-state index in [1.54, 1.807) is 5.38 Å². The van der Waals surface area contributed by atoms with E-state index in [9.17, 15) is 8.42 Å². The van der Waals surface area contributed by atoms with Crippen molar-refractivity contribution >= 4 is 27.0 Å². The summed E-state index contributed by atoms with van der Waals surface area (Å²) in [6, 6.07) is 1.50. The van der Waals surface area contributed by atoms with Crippen LogP contribution in [-0.2, 0) is 14.8 Å². The van der Waals surface area contributed by atoms with Gasteiger partial charge in [-0.15, -0.1) is 11.3 Å². The molecule has 96 valence electrons. The Hall–Kier alpha value is -0.630. The average molecular weight is 276 g/mol. The number of anilines is 1. The van der Waals surface area contributed by atoms with Crippen LogP contribution in [0.5, 0.6) is 0 Å². The van der Waals surface area contributed by atoms with Gasteiger partial charge < -0.3 is 10.5 Å². The molecular formula is C10H16N2O3S2. The number of rotatable bonds is 2. The lowest BCUT2D eigenvalue weighted by atomic mass is 10.3. The first-order valence-electron chi connectivity index (χ1n) is 5.39.